The molecule has 0 aromatic heterocycles. The van der Waals surface area contributed by atoms with Gasteiger partial charge in [0, 0.05) is 0 Å². The summed E-state index contributed by atoms with van der Waals surface area (Å²) < 4.78 is 7.35. The number of hydrogen-bond donors (Lipinski definition) is 0. The zero-order chi connectivity index (χ0) is 55.7. The van der Waals surface area contributed by atoms with E-state index >= 15 is 0 Å². The van der Waals surface area contributed by atoms with Gasteiger partial charge >= 0.3 is 0 Å². The minimum atomic E-state index is 0.500. The lowest BCUT2D eigenvalue weighted by atomic mass is 9.98. The molecule has 0 aromatic rings. The number of hydrogen-bond acceptors (Lipinski definition) is 1. The second kappa shape index (κ2) is 67.9. The molecule has 4 atom stereocenters. The fraction of sp³-hybridized carbons (Fsp3) is 0.947. The number of ether oxygens (including phenoxy) is 1. The summed E-state index contributed by atoms with van der Waals surface area (Å²) in [6.07, 6.45) is 96.9. The second-order valence-electron chi connectivity index (χ2n) is 26.3. The molecule has 0 aliphatic rings. The van der Waals surface area contributed by atoms with E-state index in [2.05, 4.69) is 53.0 Å². The third kappa shape index (κ3) is 64.5. The fourth-order valence-corrected chi connectivity index (χ4v) is 12.5. The smallest absolute Gasteiger partial charge is 0.0578 e. The van der Waals surface area contributed by atoms with Crippen LogP contribution in [0.25, 0.3) is 0 Å². The average molecular weight is 1080 g/mol. The summed E-state index contributed by atoms with van der Waals surface area (Å²) in [6, 6.07) is 0. The van der Waals surface area contributed by atoms with Crippen LogP contribution >= 0.6 is 0 Å². The molecule has 0 aliphatic heterocycles. The molecule has 0 spiro atoms. The van der Waals surface area contributed by atoms with Crippen molar-refractivity contribution < 1.29 is 4.74 Å². The van der Waals surface area contributed by atoms with Gasteiger partial charge in [0.25, 0.3) is 0 Å². The third-order valence-electron chi connectivity index (χ3n) is 18.3. The van der Waals surface area contributed by atoms with Crippen molar-refractivity contribution >= 4 is 0 Å². The Morgan fingerprint density at radius 3 is 0.481 bits per heavy atom. The second-order valence-corrected chi connectivity index (χ2v) is 26.3. The van der Waals surface area contributed by atoms with E-state index in [0.717, 1.165) is 0 Å². The zero-order valence-corrected chi connectivity index (χ0v) is 54.5. The molecule has 0 heterocycles. The van der Waals surface area contributed by atoms with Crippen LogP contribution in [0.2, 0.25) is 0 Å². The lowest BCUT2D eigenvalue weighted by Crippen LogP contribution is -2.23. The molecule has 1 heteroatoms. The lowest BCUT2D eigenvalue weighted by molar-refractivity contribution is -0.0324. The van der Waals surface area contributed by atoms with Crippen LogP contribution in [0, 0.1) is 11.8 Å². The fourth-order valence-electron chi connectivity index (χ4n) is 12.5. The molecule has 0 N–H and O–H groups in total. The normalized spacial score (nSPS) is 13.4. The van der Waals surface area contributed by atoms with Crippen molar-refractivity contribution in [2.24, 2.45) is 11.8 Å². The van der Waals surface area contributed by atoms with Gasteiger partial charge in [0.2, 0.25) is 0 Å². The Morgan fingerprint density at radius 1 is 0.208 bits per heavy atom. The summed E-state index contributed by atoms with van der Waals surface area (Å²) in [7, 11) is 0. The van der Waals surface area contributed by atoms with Crippen LogP contribution in [-0.2, 0) is 4.74 Å². The molecular weight excluding hydrogens is 929 g/mol. The average Bonchev–Trinajstić information content (AvgIpc) is 3.44. The molecule has 1 nitrogen and oxygen atoms in total. The standard InChI is InChI=1S/C76H150O/c1-7-11-13-15-17-19-21-23-25-33-39-45-51-57-63-69-75(71-65-59-53-47-41-35-29-27-31-37-43-49-55-61-67-73(5)9-3)77-76(70-64-58-52-46-40-34-26-24-22-20-18-16-14-12-8-2)72-66-60-54-48-42-36-30-28-32-38-44-50-56-62-68-74(6)10-4/h9-10,73-76H,3-4,7-8,11-72H2,1-2,5-6H3. The summed E-state index contributed by atoms with van der Waals surface area (Å²) in [6.45, 7) is 17.2. The van der Waals surface area contributed by atoms with Gasteiger partial charge in [0.15, 0.2) is 0 Å². The predicted molar refractivity (Wildman–Crippen MR) is 354 cm³/mol. The first-order chi connectivity index (χ1) is 38.1. The molecule has 0 fully saturated rings. The first kappa shape index (κ1) is 76.4. The Labute approximate surface area is 490 Å². The van der Waals surface area contributed by atoms with Gasteiger partial charge in [0.1, 0.15) is 0 Å². The Balaban J connectivity index is 4.89. The van der Waals surface area contributed by atoms with Gasteiger partial charge in [-0.2, -0.15) is 0 Å². The molecular formula is C76H150O. The molecule has 0 aromatic carbocycles. The summed E-state index contributed by atoms with van der Waals surface area (Å²) >= 11 is 0. The van der Waals surface area contributed by atoms with Crippen LogP contribution < -0.4 is 0 Å². The number of rotatable bonds is 70. The minimum absolute atomic E-state index is 0.500. The van der Waals surface area contributed by atoms with Crippen molar-refractivity contribution in [2.45, 2.75) is 451 Å². The number of unbranched alkanes of at least 4 members (excludes halogenated alkanes) is 54. The first-order valence-corrected chi connectivity index (χ1v) is 37.0. The molecule has 0 radical (unpaired) electrons. The van der Waals surface area contributed by atoms with Crippen LogP contribution in [-0.4, -0.2) is 12.2 Å². The van der Waals surface area contributed by atoms with E-state index in [1.54, 1.807) is 0 Å². The van der Waals surface area contributed by atoms with Crippen LogP contribution in [0.1, 0.15) is 439 Å². The highest BCUT2D eigenvalue weighted by molar-refractivity contribution is 4.75. The molecule has 0 amide bonds. The van der Waals surface area contributed by atoms with E-state index in [-0.39, 0.29) is 0 Å². The van der Waals surface area contributed by atoms with Crippen molar-refractivity contribution in [3.05, 3.63) is 25.3 Å². The van der Waals surface area contributed by atoms with Gasteiger partial charge in [-0.25, -0.2) is 0 Å². The summed E-state index contributed by atoms with van der Waals surface area (Å²) in [5, 5.41) is 0. The minimum Gasteiger partial charge on any atom is -0.375 e. The van der Waals surface area contributed by atoms with Crippen molar-refractivity contribution in [3.8, 4) is 0 Å². The number of allylic oxidation sites excluding steroid dienone is 2. The molecule has 0 saturated heterocycles. The van der Waals surface area contributed by atoms with Gasteiger partial charge in [-0.1, -0.05) is 412 Å². The van der Waals surface area contributed by atoms with Crippen LogP contribution in [0.3, 0.4) is 0 Å². The summed E-state index contributed by atoms with van der Waals surface area (Å²) in [5.41, 5.74) is 0. The van der Waals surface area contributed by atoms with Gasteiger partial charge in [-0.05, 0) is 50.4 Å². The molecule has 0 rings (SSSR count). The topological polar surface area (TPSA) is 9.23 Å². The Bertz CT molecular complexity index is 980. The quantitative estimate of drug-likeness (QED) is 0.0436. The van der Waals surface area contributed by atoms with Gasteiger partial charge in [-0.15, -0.1) is 13.2 Å². The predicted octanol–water partition coefficient (Wildman–Crippen LogP) is 28.4. The highest BCUT2D eigenvalue weighted by Gasteiger charge is 2.17. The molecule has 77 heavy (non-hydrogen) atoms. The highest BCUT2D eigenvalue weighted by Crippen LogP contribution is 2.25. The van der Waals surface area contributed by atoms with E-state index in [4.69, 9.17) is 4.74 Å². The first-order valence-electron chi connectivity index (χ1n) is 37.0. The molecule has 0 aliphatic carbocycles. The Hall–Kier alpha value is -0.560. The molecule has 0 saturated carbocycles. The van der Waals surface area contributed by atoms with Crippen molar-refractivity contribution in [2.75, 3.05) is 0 Å². The summed E-state index contributed by atoms with van der Waals surface area (Å²) in [5.74, 6) is 1.39. The van der Waals surface area contributed by atoms with Crippen molar-refractivity contribution in [1.29, 1.82) is 0 Å². The SMILES string of the molecule is C=CC(C)CCCCCCCCCCCCCCCCC(CCCCCCCCCCCCCCCCC)OC(CCCCCCCCCCCCCCCCC)CCCCCCCCCCCCCCCCC(C)C=C. The van der Waals surface area contributed by atoms with E-state index in [9.17, 15) is 0 Å². The van der Waals surface area contributed by atoms with Crippen LogP contribution in [0.15, 0.2) is 25.3 Å². The lowest BCUT2D eigenvalue weighted by Gasteiger charge is -2.26. The highest BCUT2D eigenvalue weighted by atomic mass is 16.5. The molecule has 0 bridgehead atoms. The van der Waals surface area contributed by atoms with E-state index in [0.29, 0.717) is 24.0 Å². The third-order valence-corrected chi connectivity index (χ3v) is 18.3. The van der Waals surface area contributed by atoms with Crippen molar-refractivity contribution in [3.63, 3.8) is 0 Å². The zero-order valence-electron chi connectivity index (χ0n) is 54.5. The maximum Gasteiger partial charge on any atom is 0.0578 e. The Morgan fingerprint density at radius 2 is 0.338 bits per heavy atom. The van der Waals surface area contributed by atoms with E-state index < -0.39 is 0 Å². The maximum atomic E-state index is 7.35. The van der Waals surface area contributed by atoms with E-state index in [1.165, 1.54) is 411 Å². The Kier molecular flexibility index (Phi) is 67.4. The van der Waals surface area contributed by atoms with Crippen LogP contribution in [0.4, 0.5) is 0 Å². The van der Waals surface area contributed by atoms with Crippen molar-refractivity contribution in [1.82, 2.24) is 0 Å². The van der Waals surface area contributed by atoms with Crippen LogP contribution in [0.5, 0.6) is 0 Å². The van der Waals surface area contributed by atoms with Gasteiger partial charge in [-0.3, -0.25) is 0 Å². The molecule has 4 unspecified atom stereocenters. The maximum absolute atomic E-state index is 7.35. The monoisotopic (exact) mass is 1080 g/mol. The summed E-state index contributed by atoms with van der Waals surface area (Å²) in [4.78, 5) is 0. The molecule has 460 valence electrons. The van der Waals surface area contributed by atoms with Gasteiger partial charge < -0.3 is 4.74 Å². The van der Waals surface area contributed by atoms with E-state index in [1.807, 2.05) is 0 Å². The van der Waals surface area contributed by atoms with Gasteiger partial charge in [0.05, 0.1) is 12.2 Å². The largest absolute Gasteiger partial charge is 0.375 e.